The van der Waals surface area contributed by atoms with Crippen molar-refractivity contribution in [2.75, 3.05) is 27.3 Å². The average molecular weight is 400 g/mol. The molecule has 2 amide bonds. The third-order valence-electron chi connectivity index (χ3n) is 5.29. The van der Waals surface area contributed by atoms with E-state index in [4.69, 9.17) is 13.9 Å². The van der Waals surface area contributed by atoms with E-state index in [0.29, 0.717) is 42.7 Å². The van der Waals surface area contributed by atoms with Gasteiger partial charge in [0, 0.05) is 37.7 Å². The molecule has 0 unspecified atom stereocenters. The van der Waals surface area contributed by atoms with Crippen LogP contribution in [0.4, 0.5) is 0 Å². The summed E-state index contributed by atoms with van der Waals surface area (Å²) in [5, 5.41) is 2.95. The first-order valence-electron chi connectivity index (χ1n) is 9.91. The molecule has 1 aromatic carbocycles. The first-order chi connectivity index (χ1) is 14.1. The number of rotatable bonds is 8. The molecule has 0 spiro atoms. The number of furan rings is 1. The van der Waals surface area contributed by atoms with Gasteiger partial charge in [0.1, 0.15) is 11.5 Å². The monoisotopic (exact) mass is 400 g/mol. The number of hydrogen-bond donors (Lipinski definition) is 1. The lowest BCUT2D eigenvalue weighted by Crippen LogP contribution is -2.40. The van der Waals surface area contributed by atoms with E-state index < -0.39 is 0 Å². The second-order valence-electron chi connectivity index (χ2n) is 7.23. The van der Waals surface area contributed by atoms with Crippen LogP contribution in [0.25, 0.3) is 0 Å². The normalized spacial score (nSPS) is 16.3. The molecule has 1 aliphatic rings. The van der Waals surface area contributed by atoms with Crippen molar-refractivity contribution in [1.29, 1.82) is 0 Å². The average Bonchev–Trinajstić information content (AvgIpc) is 3.30. The molecule has 2 aromatic rings. The minimum Gasteiger partial charge on any atom is -0.497 e. The number of carbonyl (C=O) groups excluding carboxylic acids is 2. The van der Waals surface area contributed by atoms with E-state index >= 15 is 0 Å². The highest BCUT2D eigenvalue weighted by atomic mass is 16.5. The molecular formula is C22H28N2O5. The molecule has 0 bridgehead atoms. The Labute approximate surface area is 171 Å². The van der Waals surface area contributed by atoms with Crippen molar-refractivity contribution in [3.63, 3.8) is 0 Å². The Balaban J connectivity index is 1.45. The number of nitrogens with zero attached hydrogens (tertiary/aromatic N) is 1. The standard InChI is InChI=1S/C22H28N2O5/c1-27-18-9-8-17(20(13-18)28-2)14-23-21(25)10-7-16-5-3-11-24(15-16)22(26)19-6-4-12-29-19/h4,6,8-9,12-13,16H,3,5,7,10-11,14-15H2,1-2H3,(H,23,25)/t16-/m1/s1. The SMILES string of the molecule is COc1ccc(CNC(=O)CC[C@H]2CCCN(C(=O)c3ccco3)C2)c(OC)c1. The Morgan fingerprint density at radius 1 is 1.24 bits per heavy atom. The quantitative estimate of drug-likeness (QED) is 0.736. The smallest absolute Gasteiger partial charge is 0.289 e. The van der Waals surface area contributed by atoms with Gasteiger partial charge in [-0.05, 0) is 49.4 Å². The van der Waals surface area contributed by atoms with Gasteiger partial charge in [0.25, 0.3) is 5.91 Å². The fourth-order valence-electron chi connectivity index (χ4n) is 3.66. The molecule has 0 radical (unpaired) electrons. The van der Waals surface area contributed by atoms with Crippen molar-refractivity contribution < 1.29 is 23.5 Å². The van der Waals surface area contributed by atoms with Crippen LogP contribution >= 0.6 is 0 Å². The van der Waals surface area contributed by atoms with E-state index in [0.717, 1.165) is 31.4 Å². The number of amides is 2. The summed E-state index contributed by atoms with van der Waals surface area (Å²) >= 11 is 0. The predicted octanol–water partition coefficient (Wildman–Crippen LogP) is 3.25. The van der Waals surface area contributed by atoms with E-state index in [-0.39, 0.29) is 11.8 Å². The number of carbonyl (C=O) groups is 2. The van der Waals surface area contributed by atoms with Gasteiger partial charge in [0.2, 0.25) is 5.91 Å². The zero-order valence-electron chi connectivity index (χ0n) is 17.0. The zero-order chi connectivity index (χ0) is 20.6. The highest BCUT2D eigenvalue weighted by molar-refractivity contribution is 5.91. The van der Waals surface area contributed by atoms with E-state index in [9.17, 15) is 9.59 Å². The minimum atomic E-state index is -0.0734. The molecule has 1 fully saturated rings. The lowest BCUT2D eigenvalue weighted by Gasteiger charge is -2.32. The van der Waals surface area contributed by atoms with Crippen LogP contribution in [0.5, 0.6) is 11.5 Å². The first-order valence-corrected chi connectivity index (χ1v) is 9.91. The van der Waals surface area contributed by atoms with Crippen LogP contribution in [0.15, 0.2) is 41.0 Å². The van der Waals surface area contributed by atoms with Gasteiger partial charge in [0.15, 0.2) is 5.76 Å². The van der Waals surface area contributed by atoms with Gasteiger partial charge in [-0.3, -0.25) is 9.59 Å². The third-order valence-corrected chi connectivity index (χ3v) is 5.29. The summed E-state index contributed by atoms with van der Waals surface area (Å²) < 4.78 is 15.8. The molecule has 1 saturated heterocycles. The summed E-state index contributed by atoms with van der Waals surface area (Å²) in [6.07, 6.45) is 4.68. The minimum absolute atomic E-state index is 0.00245. The molecule has 7 nitrogen and oxygen atoms in total. The van der Waals surface area contributed by atoms with E-state index in [1.165, 1.54) is 6.26 Å². The largest absolute Gasteiger partial charge is 0.497 e. The molecule has 29 heavy (non-hydrogen) atoms. The van der Waals surface area contributed by atoms with Gasteiger partial charge in [-0.15, -0.1) is 0 Å². The Kier molecular flexibility index (Phi) is 7.16. The van der Waals surface area contributed by atoms with Crippen LogP contribution in [0.3, 0.4) is 0 Å². The molecule has 0 aliphatic carbocycles. The fourth-order valence-corrected chi connectivity index (χ4v) is 3.66. The topological polar surface area (TPSA) is 81.0 Å². The van der Waals surface area contributed by atoms with Crippen LogP contribution in [0.2, 0.25) is 0 Å². The maximum absolute atomic E-state index is 12.4. The molecule has 156 valence electrons. The number of nitrogens with one attached hydrogen (secondary N) is 1. The number of methoxy groups -OCH3 is 2. The van der Waals surface area contributed by atoms with E-state index in [1.54, 1.807) is 32.4 Å². The summed E-state index contributed by atoms with van der Waals surface area (Å²) in [5.41, 5.74) is 0.898. The molecule has 3 rings (SSSR count). The van der Waals surface area contributed by atoms with Gasteiger partial charge in [-0.25, -0.2) is 0 Å². The highest BCUT2D eigenvalue weighted by Gasteiger charge is 2.26. The van der Waals surface area contributed by atoms with Crippen LogP contribution in [-0.2, 0) is 11.3 Å². The summed E-state index contributed by atoms with van der Waals surface area (Å²) in [5.74, 6) is 2.01. The van der Waals surface area contributed by atoms with Crippen LogP contribution in [-0.4, -0.2) is 44.0 Å². The molecule has 7 heteroatoms. The lowest BCUT2D eigenvalue weighted by atomic mass is 9.93. The number of piperidine rings is 1. The molecule has 2 heterocycles. The molecule has 1 atom stereocenters. The Morgan fingerprint density at radius 3 is 2.83 bits per heavy atom. The molecular weight excluding hydrogens is 372 g/mol. The summed E-state index contributed by atoms with van der Waals surface area (Å²) in [4.78, 5) is 26.6. The molecule has 0 saturated carbocycles. The van der Waals surface area contributed by atoms with Gasteiger partial charge in [-0.1, -0.05) is 0 Å². The fraction of sp³-hybridized carbons (Fsp3) is 0.455. The molecule has 1 aliphatic heterocycles. The van der Waals surface area contributed by atoms with Crippen molar-refractivity contribution in [2.45, 2.75) is 32.2 Å². The zero-order valence-corrected chi connectivity index (χ0v) is 17.0. The van der Waals surface area contributed by atoms with Crippen LogP contribution in [0, 0.1) is 5.92 Å². The summed E-state index contributed by atoms with van der Waals surface area (Å²) in [6, 6.07) is 8.94. The second-order valence-corrected chi connectivity index (χ2v) is 7.23. The van der Waals surface area contributed by atoms with Crippen molar-refractivity contribution >= 4 is 11.8 Å². The number of hydrogen-bond acceptors (Lipinski definition) is 5. The Bertz CT molecular complexity index is 819. The van der Waals surface area contributed by atoms with Crippen molar-refractivity contribution in [3.05, 3.63) is 47.9 Å². The first kappa shape index (κ1) is 20.8. The van der Waals surface area contributed by atoms with Crippen molar-refractivity contribution in [2.24, 2.45) is 5.92 Å². The van der Waals surface area contributed by atoms with Crippen LogP contribution in [0.1, 0.15) is 41.8 Å². The van der Waals surface area contributed by atoms with Gasteiger partial charge < -0.3 is 24.1 Å². The number of ether oxygens (including phenoxy) is 2. The summed E-state index contributed by atoms with van der Waals surface area (Å²) in [7, 11) is 3.20. The number of benzene rings is 1. The third kappa shape index (κ3) is 5.53. The maximum atomic E-state index is 12.4. The lowest BCUT2D eigenvalue weighted by molar-refractivity contribution is -0.121. The predicted molar refractivity (Wildman–Crippen MR) is 108 cm³/mol. The summed E-state index contributed by atoms with van der Waals surface area (Å²) in [6.45, 7) is 1.80. The molecule has 1 N–H and O–H groups in total. The Hall–Kier alpha value is -2.96. The van der Waals surface area contributed by atoms with E-state index in [2.05, 4.69) is 5.32 Å². The highest BCUT2D eigenvalue weighted by Crippen LogP contribution is 2.25. The number of likely N-dealkylation sites (tertiary alicyclic amines) is 1. The van der Waals surface area contributed by atoms with Crippen LogP contribution < -0.4 is 14.8 Å². The van der Waals surface area contributed by atoms with Gasteiger partial charge >= 0.3 is 0 Å². The maximum Gasteiger partial charge on any atom is 0.289 e. The van der Waals surface area contributed by atoms with E-state index in [1.807, 2.05) is 17.0 Å². The van der Waals surface area contributed by atoms with Gasteiger partial charge in [0.05, 0.1) is 20.5 Å². The Morgan fingerprint density at radius 2 is 2.10 bits per heavy atom. The second kappa shape index (κ2) is 10.0. The van der Waals surface area contributed by atoms with Crippen molar-refractivity contribution in [3.8, 4) is 11.5 Å². The van der Waals surface area contributed by atoms with Gasteiger partial charge in [-0.2, -0.15) is 0 Å². The molecule has 1 aromatic heterocycles. The van der Waals surface area contributed by atoms with Crippen molar-refractivity contribution in [1.82, 2.24) is 10.2 Å².